The number of alkyl halides is 3. The van der Waals surface area contributed by atoms with Crippen LogP contribution in [0.25, 0.3) is 0 Å². The van der Waals surface area contributed by atoms with Crippen molar-refractivity contribution in [2.45, 2.75) is 57.7 Å². The Morgan fingerprint density at radius 1 is 1.23 bits per heavy atom. The van der Waals surface area contributed by atoms with Gasteiger partial charge in [0.15, 0.2) is 5.75 Å². The molecule has 10 nitrogen and oxygen atoms in total. The highest BCUT2D eigenvalue weighted by molar-refractivity contribution is 6.23. The summed E-state index contributed by atoms with van der Waals surface area (Å²) in [4.78, 5) is 45.8. The zero-order valence-corrected chi connectivity index (χ0v) is 22.4. The summed E-state index contributed by atoms with van der Waals surface area (Å²) in [5, 5.41) is 8.74. The Hall–Kier alpha value is -3.42. The average Bonchev–Trinajstić information content (AvgIpc) is 3.41. The number of nitrogens with zero attached hydrogens (tertiary/aromatic N) is 3. The molecule has 2 saturated heterocycles. The third-order valence-electron chi connectivity index (χ3n) is 6.56. The van der Waals surface area contributed by atoms with Crippen molar-refractivity contribution in [1.29, 1.82) is 0 Å². The number of halogens is 4. The normalized spacial score (nSPS) is 19.6. The van der Waals surface area contributed by atoms with Crippen molar-refractivity contribution in [3.8, 4) is 5.75 Å². The molecule has 3 heterocycles. The summed E-state index contributed by atoms with van der Waals surface area (Å²) >= 11 is 0. The van der Waals surface area contributed by atoms with Crippen molar-refractivity contribution in [2.24, 2.45) is 0 Å². The van der Waals surface area contributed by atoms with Crippen molar-refractivity contribution in [2.75, 3.05) is 23.3 Å². The Morgan fingerprint density at radius 2 is 1.92 bits per heavy atom. The van der Waals surface area contributed by atoms with Crippen LogP contribution in [0.4, 0.5) is 29.3 Å². The lowest BCUT2D eigenvalue weighted by Gasteiger charge is -2.27. The summed E-state index contributed by atoms with van der Waals surface area (Å²) in [7, 11) is 0. The maximum Gasteiger partial charge on any atom is 0.573 e. The molecule has 2 aliphatic heterocycles. The number of urea groups is 1. The van der Waals surface area contributed by atoms with Gasteiger partial charge in [-0.3, -0.25) is 14.6 Å². The maximum atomic E-state index is 13.4. The van der Waals surface area contributed by atoms with Gasteiger partial charge in [-0.1, -0.05) is 0 Å². The smallest absolute Gasteiger partial charge is 0.404 e. The number of ether oxygens (including phenoxy) is 1. The van der Waals surface area contributed by atoms with E-state index in [4.69, 9.17) is 0 Å². The van der Waals surface area contributed by atoms with E-state index in [0.717, 1.165) is 35.6 Å². The number of benzene rings is 1. The van der Waals surface area contributed by atoms with Crippen molar-refractivity contribution in [3.05, 3.63) is 48.3 Å². The highest BCUT2D eigenvalue weighted by atomic mass is 35.5. The molecule has 1 aromatic carbocycles. The minimum Gasteiger partial charge on any atom is -0.404 e. The first-order valence-electron chi connectivity index (χ1n) is 12.1. The first-order valence-corrected chi connectivity index (χ1v) is 12.1. The van der Waals surface area contributed by atoms with Crippen LogP contribution in [-0.4, -0.2) is 64.8 Å². The van der Waals surface area contributed by atoms with E-state index < -0.39 is 41.5 Å². The van der Waals surface area contributed by atoms with Gasteiger partial charge >= 0.3 is 12.4 Å². The summed E-state index contributed by atoms with van der Waals surface area (Å²) in [6.45, 7) is 6.35. The summed E-state index contributed by atoms with van der Waals surface area (Å²) in [5.74, 6) is -1.83. The molecule has 3 N–H and O–H groups in total. The predicted molar refractivity (Wildman–Crippen MR) is 140 cm³/mol. The highest BCUT2D eigenvalue weighted by Gasteiger charge is 2.52. The zero-order valence-electron chi connectivity index (χ0n) is 21.5. The van der Waals surface area contributed by atoms with Crippen molar-refractivity contribution in [1.82, 2.24) is 20.5 Å². The zero-order chi connectivity index (χ0) is 27.7. The number of imide groups is 1. The van der Waals surface area contributed by atoms with E-state index in [9.17, 15) is 27.6 Å². The molecule has 39 heavy (non-hydrogen) atoms. The monoisotopic (exact) mass is 570 g/mol. The van der Waals surface area contributed by atoms with Gasteiger partial charge in [-0.15, -0.1) is 25.6 Å². The van der Waals surface area contributed by atoms with Crippen LogP contribution in [0.5, 0.6) is 5.75 Å². The molecule has 4 rings (SSSR count). The molecule has 2 unspecified atom stereocenters. The van der Waals surface area contributed by atoms with E-state index in [-0.39, 0.29) is 36.4 Å². The number of aromatic nitrogens is 1. The minimum absolute atomic E-state index is 0. The first kappa shape index (κ1) is 30.1. The van der Waals surface area contributed by atoms with Gasteiger partial charge in [0.05, 0.1) is 17.4 Å². The molecule has 14 heteroatoms. The molecule has 2 aromatic rings. The first-order chi connectivity index (χ1) is 17.9. The summed E-state index contributed by atoms with van der Waals surface area (Å²) in [6, 6.07) is 5.36. The van der Waals surface area contributed by atoms with Crippen LogP contribution in [-0.2, 0) is 16.1 Å². The van der Waals surface area contributed by atoms with Crippen molar-refractivity contribution in [3.63, 3.8) is 0 Å². The van der Waals surface area contributed by atoms with Crippen LogP contribution in [0.15, 0.2) is 42.7 Å². The number of hydrogen-bond acceptors (Lipinski definition) is 7. The third-order valence-corrected chi connectivity index (χ3v) is 6.56. The fourth-order valence-electron chi connectivity index (χ4n) is 4.44. The highest BCUT2D eigenvalue weighted by Crippen LogP contribution is 2.38. The second-order valence-corrected chi connectivity index (χ2v) is 9.72. The van der Waals surface area contributed by atoms with E-state index in [1.165, 1.54) is 11.0 Å². The second-order valence-electron chi connectivity index (χ2n) is 9.72. The number of hydrogen-bond donors (Lipinski definition) is 3. The summed E-state index contributed by atoms with van der Waals surface area (Å²) < 4.78 is 43.4. The Balaban J connectivity index is 0.00000420. The number of carbonyl (C=O) groups excluding carboxylic acids is 3. The predicted octanol–water partition coefficient (Wildman–Crippen LogP) is 3.43. The fraction of sp³-hybridized carbons (Fsp3) is 0.440. The van der Waals surface area contributed by atoms with Gasteiger partial charge in [-0.2, -0.15) is 0 Å². The van der Waals surface area contributed by atoms with Gasteiger partial charge in [-0.25, -0.2) is 9.69 Å². The van der Waals surface area contributed by atoms with Gasteiger partial charge < -0.3 is 25.6 Å². The van der Waals surface area contributed by atoms with E-state index in [1.54, 1.807) is 45.3 Å². The molecule has 0 radical (unpaired) electrons. The van der Waals surface area contributed by atoms with Crippen molar-refractivity contribution < 1.29 is 32.3 Å². The molecular weight excluding hydrogens is 541 g/mol. The van der Waals surface area contributed by atoms with Crippen LogP contribution in [0.1, 0.15) is 32.8 Å². The number of anilines is 2. The van der Waals surface area contributed by atoms with Gasteiger partial charge in [0, 0.05) is 31.5 Å². The van der Waals surface area contributed by atoms with Gasteiger partial charge in [0.2, 0.25) is 5.91 Å². The Bertz CT molecular complexity index is 1210. The molecule has 0 spiro atoms. The van der Waals surface area contributed by atoms with Gasteiger partial charge in [0.1, 0.15) is 5.54 Å². The van der Waals surface area contributed by atoms with Crippen molar-refractivity contribution >= 4 is 41.6 Å². The quantitative estimate of drug-likeness (QED) is 0.417. The molecule has 2 fully saturated rings. The maximum absolute atomic E-state index is 13.4. The molecule has 0 saturated carbocycles. The number of rotatable bonds is 8. The lowest BCUT2D eigenvalue weighted by atomic mass is 10.0. The number of pyridine rings is 1. The van der Waals surface area contributed by atoms with Crippen LogP contribution >= 0.6 is 12.4 Å². The largest absolute Gasteiger partial charge is 0.573 e. The Kier molecular flexibility index (Phi) is 9.08. The standard InChI is InChI=1S/C25H29F3N6O4.ClH/c1-15(31-17-8-11-30-13-17)21(35)32-19-12-18(4-5-20(19)38-25(26,27)28)34-22(36)24(2,3)33(23(34)37)14-16-6-9-29-10-7-16;/h4-7,9-10,12,15,17,30-31H,8,11,13-14H2,1-3H3,(H,32,35);1H. The van der Waals surface area contributed by atoms with Crippen LogP contribution in [0, 0.1) is 0 Å². The molecule has 2 atom stereocenters. The number of nitrogens with one attached hydrogen (secondary N) is 3. The van der Waals surface area contributed by atoms with E-state index in [1.807, 2.05) is 0 Å². The van der Waals surface area contributed by atoms with E-state index >= 15 is 0 Å². The minimum atomic E-state index is -5.02. The lowest BCUT2D eigenvalue weighted by molar-refractivity contribution is -0.274. The molecule has 0 aliphatic carbocycles. The fourth-order valence-corrected chi connectivity index (χ4v) is 4.44. The number of carbonyl (C=O) groups is 3. The van der Waals surface area contributed by atoms with Crippen LogP contribution in [0.2, 0.25) is 0 Å². The summed E-state index contributed by atoms with van der Waals surface area (Å²) in [6.07, 6.45) is -1.09. The second kappa shape index (κ2) is 11.8. The molecule has 2 aliphatic rings. The van der Waals surface area contributed by atoms with Gasteiger partial charge in [-0.05, 0) is 69.6 Å². The van der Waals surface area contributed by atoms with E-state index in [2.05, 4.69) is 25.7 Å². The molecule has 212 valence electrons. The average molecular weight is 571 g/mol. The van der Waals surface area contributed by atoms with Crippen LogP contribution < -0.4 is 25.6 Å². The number of amides is 4. The Morgan fingerprint density at radius 3 is 2.54 bits per heavy atom. The molecular formula is C25H30ClF3N6O4. The molecule has 0 bridgehead atoms. The molecule has 1 aromatic heterocycles. The topological polar surface area (TPSA) is 116 Å². The third kappa shape index (κ3) is 6.78. The molecule has 4 amide bonds. The lowest BCUT2D eigenvalue weighted by Crippen LogP contribution is -2.44. The summed E-state index contributed by atoms with van der Waals surface area (Å²) in [5.41, 5.74) is -0.819. The van der Waals surface area contributed by atoms with E-state index in [0.29, 0.717) is 6.54 Å². The Labute approximate surface area is 229 Å². The van der Waals surface area contributed by atoms with Crippen LogP contribution in [0.3, 0.4) is 0 Å². The SMILES string of the molecule is CC(NC1CCNC1)C(=O)Nc1cc(N2C(=O)N(Cc3ccncc3)C(C)(C)C2=O)ccc1OC(F)(F)F.Cl. The van der Waals surface area contributed by atoms with Gasteiger partial charge in [0.25, 0.3) is 5.91 Å².